The molecule has 2 heterocycles. The van der Waals surface area contributed by atoms with Crippen LogP contribution in [0.4, 0.5) is 0 Å². The fraction of sp³-hybridized carbons (Fsp3) is 0.304. The minimum absolute atomic E-state index is 0.0487. The maximum atomic E-state index is 11.5. The predicted octanol–water partition coefficient (Wildman–Crippen LogP) is 4.25. The van der Waals surface area contributed by atoms with Crippen molar-refractivity contribution < 1.29 is 9.53 Å². The van der Waals surface area contributed by atoms with Crippen molar-refractivity contribution in [1.29, 1.82) is 0 Å². The molecular weight excluding hydrogens is 418 g/mol. The molecule has 0 unspecified atom stereocenters. The third kappa shape index (κ3) is 4.30. The van der Waals surface area contributed by atoms with Crippen molar-refractivity contribution in [3.63, 3.8) is 0 Å². The molecular formula is C23H24ClN3O2S. The number of hydrogen-bond acceptors (Lipinski definition) is 3. The highest BCUT2D eigenvalue weighted by molar-refractivity contribution is 7.80. The van der Waals surface area contributed by atoms with E-state index in [1.165, 1.54) is 0 Å². The number of primary amides is 1. The van der Waals surface area contributed by atoms with Gasteiger partial charge < -0.3 is 19.9 Å². The number of benzene rings is 2. The van der Waals surface area contributed by atoms with Crippen LogP contribution in [0.25, 0.3) is 10.9 Å². The second-order valence-corrected chi connectivity index (χ2v) is 8.29. The molecule has 0 radical (unpaired) electrons. The van der Waals surface area contributed by atoms with Gasteiger partial charge >= 0.3 is 0 Å². The van der Waals surface area contributed by atoms with Crippen LogP contribution in [0.2, 0.25) is 5.02 Å². The number of piperidine rings is 1. The van der Waals surface area contributed by atoms with E-state index in [0.29, 0.717) is 23.9 Å². The maximum absolute atomic E-state index is 11.5. The van der Waals surface area contributed by atoms with Crippen molar-refractivity contribution in [2.45, 2.75) is 19.4 Å². The first-order valence-corrected chi connectivity index (χ1v) is 10.9. The Bertz CT molecular complexity index is 1070. The van der Waals surface area contributed by atoms with Gasteiger partial charge in [-0.05, 0) is 31.0 Å². The molecule has 1 aliphatic rings. The Morgan fingerprint density at radius 3 is 2.57 bits per heavy atom. The number of ether oxygens (including phenoxy) is 1. The lowest BCUT2D eigenvalue weighted by Gasteiger charge is -2.32. The summed E-state index contributed by atoms with van der Waals surface area (Å²) in [6.07, 6.45) is 3.60. The number of amides is 1. The molecule has 7 heteroatoms. The number of halogens is 1. The summed E-state index contributed by atoms with van der Waals surface area (Å²) in [6, 6.07) is 15.7. The number of carbonyl (C=O) groups is 1. The number of nitrogens with two attached hydrogens (primary N) is 1. The number of hydrogen-bond donors (Lipinski definition) is 1. The lowest BCUT2D eigenvalue weighted by molar-refractivity contribution is -0.122. The molecule has 0 atom stereocenters. The molecule has 3 aromatic rings. The van der Waals surface area contributed by atoms with Gasteiger partial charge in [0.15, 0.2) is 0 Å². The van der Waals surface area contributed by atoms with E-state index in [1.807, 2.05) is 36.4 Å². The Kier molecular flexibility index (Phi) is 6.25. The van der Waals surface area contributed by atoms with Gasteiger partial charge in [0, 0.05) is 41.7 Å². The van der Waals surface area contributed by atoms with Crippen LogP contribution in [-0.4, -0.2) is 40.1 Å². The van der Waals surface area contributed by atoms with Crippen molar-refractivity contribution in [3.05, 3.63) is 65.3 Å². The molecule has 1 saturated heterocycles. The molecule has 156 valence electrons. The number of carbonyl (C=O) groups excluding carboxylic acids is 1. The SMILES string of the molecule is NC(=O)C1CCN(C(=S)c2cn(CCOc3ccccc3Cl)c3ccccc23)CC1. The zero-order valence-electron chi connectivity index (χ0n) is 16.6. The number of aromatic nitrogens is 1. The molecule has 2 N–H and O–H groups in total. The van der Waals surface area contributed by atoms with Gasteiger partial charge in [-0.25, -0.2) is 0 Å². The van der Waals surface area contributed by atoms with Gasteiger partial charge in [-0.2, -0.15) is 0 Å². The second-order valence-electron chi connectivity index (χ2n) is 7.50. The van der Waals surface area contributed by atoms with E-state index in [1.54, 1.807) is 0 Å². The fourth-order valence-corrected chi connectivity index (χ4v) is 4.49. The Balaban J connectivity index is 1.50. The van der Waals surface area contributed by atoms with Gasteiger partial charge in [-0.3, -0.25) is 4.79 Å². The highest BCUT2D eigenvalue weighted by Crippen LogP contribution is 2.27. The highest BCUT2D eigenvalue weighted by Gasteiger charge is 2.26. The van der Waals surface area contributed by atoms with E-state index in [4.69, 9.17) is 34.3 Å². The Hall–Kier alpha value is -2.57. The normalized spacial score (nSPS) is 14.8. The Morgan fingerprint density at radius 1 is 1.13 bits per heavy atom. The van der Waals surface area contributed by atoms with Crippen LogP contribution < -0.4 is 10.5 Å². The van der Waals surface area contributed by atoms with Crippen LogP contribution in [0.3, 0.4) is 0 Å². The highest BCUT2D eigenvalue weighted by atomic mass is 35.5. The van der Waals surface area contributed by atoms with Gasteiger partial charge in [0.05, 0.1) is 11.6 Å². The van der Waals surface area contributed by atoms with Crippen LogP contribution in [0.1, 0.15) is 18.4 Å². The molecule has 4 rings (SSSR count). The molecule has 1 aromatic heterocycles. The van der Waals surface area contributed by atoms with Crippen LogP contribution in [0.5, 0.6) is 5.75 Å². The summed E-state index contributed by atoms with van der Waals surface area (Å²) in [4.78, 5) is 14.5. The summed E-state index contributed by atoms with van der Waals surface area (Å²) >= 11 is 12.0. The summed E-state index contributed by atoms with van der Waals surface area (Å²) in [6.45, 7) is 2.68. The second kappa shape index (κ2) is 9.06. The first kappa shape index (κ1) is 20.7. The number of rotatable bonds is 6. The fourth-order valence-electron chi connectivity index (χ4n) is 3.96. The first-order chi connectivity index (χ1) is 14.5. The molecule has 0 saturated carbocycles. The van der Waals surface area contributed by atoms with E-state index in [0.717, 1.165) is 47.4 Å². The summed E-state index contributed by atoms with van der Waals surface area (Å²) in [5, 5.41) is 1.73. The van der Waals surface area contributed by atoms with Gasteiger partial charge in [0.1, 0.15) is 17.3 Å². The molecule has 0 aliphatic carbocycles. The van der Waals surface area contributed by atoms with Crippen molar-refractivity contribution in [2.24, 2.45) is 11.7 Å². The van der Waals surface area contributed by atoms with Gasteiger partial charge in [-0.15, -0.1) is 0 Å². The van der Waals surface area contributed by atoms with Gasteiger partial charge in [-0.1, -0.05) is 54.2 Å². The van der Waals surface area contributed by atoms with E-state index >= 15 is 0 Å². The van der Waals surface area contributed by atoms with Crippen molar-refractivity contribution in [1.82, 2.24) is 9.47 Å². The first-order valence-electron chi connectivity index (χ1n) is 10.1. The summed E-state index contributed by atoms with van der Waals surface area (Å²) < 4.78 is 8.04. The van der Waals surface area contributed by atoms with Crippen molar-refractivity contribution >= 4 is 45.6 Å². The average Bonchev–Trinajstić information content (AvgIpc) is 3.13. The Morgan fingerprint density at radius 2 is 1.83 bits per heavy atom. The smallest absolute Gasteiger partial charge is 0.220 e. The average molecular weight is 442 g/mol. The van der Waals surface area contributed by atoms with Crippen LogP contribution in [0.15, 0.2) is 54.7 Å². The lowest BCUT2D eigenvalue weighted by Crippen LogP contribution is -2.41. The number of fused-ring (bicyclic) bond motifs is 1. The third-order valence-corrected chi connectivity index (χ3v) is 6.42. The molecule has 2 aromatic carbocycles. The van der Waals surface area contributed by atoms with Crippen molar-refractivity contribution in [2.75, 3.05) is 19.7 Å². The standard InChI is InChI=1S/C23H24ClN3O2S/c24-19-6-2-4-8-21(19)29-14-13-27-15-18(17-5-1-3-7-20(17)27)23(30)26-11-9-16(10-12-26)22(25)28/h1-8,15-16H,9-14H2,(H2,25,28). The number of nitrogens with zero attached hydrogens (tertiary/aromatic N) is 2. The van der Waals surface area contributed by atoms with E-state index in [2.05, 4.69) is 27.8 Å². The number of thiocarbonyl (C=S) groups is 1. The molecule has 1 fully saturated rings. The van der Waals surface area contributed by atoms with Crippen molar-refractivity contribution in [3.8, 4) is 5.75 Å². The van der Waals surface area contributed by atoms with Gasteiger partial charge in [0.2, 0.25) is 5.91 Å². The summed E-state index contributed by atoms with van der Waals surface area (Å²) in [5.74, 6) is 0.423. The van der Waals surface area contributed by atoms with Crippen LogP contribution in [-0.2, 0) is 11.3 Å². The summed E-state index contributed by atoms with van der Waals surface area (Å²) in [5.41, 5.74) is 7.61. The minimum atomic E-state index is -0.212. The number of likely N-dealkylation sites (tertiary alicyclic amines) is 1. The maximum Gasteiger partial charge on any atom is 0.220 e. The molecule has 5 nitrogen and oxygen atoms in total. The molecule has 1 aliphatic heterocycles. The van der Waals surface area contributed by atoms with Crippen LogP contribution >= 0.6 is 23.8 Å². The topological polar surface area (TPSA) is 60.5 Å². The third-order valence-electron chi connectivity index (χ3n) is 5.63. The predicted molar refractivity (Wildman–Crippen MR) is 124 cm³/mol. The minimum Gasteiger partial charge on any atom is -0.490 e. The van der Waals surface area contributed by atoms with E-state index in [-0.39, 0.29) is 11.8 Å². The quantitative estimate of drug-likeness (QED) is 0.581. The van der Waals surface area contributed by atoms with Crippen LogP contribution in [0, 0.1) is 5.92 Å². The largest absolute Gasteiger partial charge is 0.490 e. The molecule has 1 amide bonds. The molecule has 0 bridgehead atoms. The lowest BCUT2D eigenvalue weighted by atomic mass is 9.96. The number of para-hydroxylation sites is 2. The van der Waals surface area contributed by atoms with Gasteiger partial charge in [0.25, 0.3) is 0 Å². The summed E-state index contributed by atoms with van der Waals surface area (Å²) in [7, 11) is 0. The molecule has 30 heavy (non-hydrogen) atoms. The zero-order chi connectivity index (χ0) is 21.1. The zero-order valence-corrected chi connectivity index (χ0v) is 18.2. The monoisotopic (exact) mass is 441 g/mol. The van der Waals surface area contributed by atoms with E-state index in [9.17, 15) is 4.79 Å². The van der Waals surface area contributed by atoms with E-state index < -0.39 is 0 Å². The molecule has 0 spiro atoms. The Labute approximate surface area is 186 Å².